The van der Waals surface area contributed by atoms with Crippen LogP contribution in [0, 0.1) is 5.82 Å². The van der Waals surface area contributed by atoms with E-state index in [-0.39, 0.29) is 17.1 Å². The average molecular weight is 478 g/mol. The minimum Gasteiger partial charge on any atom is -0.318 e. The summed E-state index contributed by atoms with van der Waals surface area (Å²) in [6.45, 7) is 0.410. The number of amides is 2. The topological polar surface area (TPSA) is 37.3 Å². The predicted molar refractivity (Wildman–Crippen MR) is 132 cm³/mol. The van der Waals surface area contributed by atoms with Gasteiger partial charge in [0.25, 0.3) is 0 Å². The van der Waals surface area contributed by atoms with Gasteiger partial charge in [0.05, 0.1) is 23.3 Å². The van der Waals surface area contributed by atoms with Gasteiger partial charge in [-0.25, -0.2) is 9.18 Å². The molecule has 5 rings (SSSR count). The molecule has 7 heteroatoms. The number of nitrogens with one attached hydrogen (secondary N) is 1. The van der Waals surface area contributed by atoms with Gasteiger partial charge in [0.1, 0.15) is 5.82 Å². The number of nitrogens with zero attached hydrogens (tertiary/aromatic N) is 2. The van der Waals surface area contributed by atoms with Gasteiger partial charge in [-0.2, -0.15) is 0 Å². The Morgan fingerprint density at radius 3 is 2.61 bits per heavy atom. The van der Waals surface area contributed by atoms with Crippen molar-refractivity contribution in [1.29, 1.82) is 0 Å². The number of rotatable bonds is 3. The van der Waals surface area contributed by atoms with E-state index < -0.39 is 5.82 Å². The second kappa shape index (κ2) is 8.96. The fourth-order valence-electron chi connectivity index (χ4n) is 4.25. The molecule has 0 spiro atoms. The van der Waals surface area contributed by atoms with Crippen molar-refractivity contribution in [2.75, 3.05) is 11.6 Å². The average Bonchev–Trinajstić information content (AvgIpc) is 3.26. The molecular formula is C26H21ClFN3OS. The zero-order valence-corrected chi connectivity index (χ0v) is 19.4. The smallest absolute Gasteiger partial charge is 0.318 e. The third-order valence-corrected chi connectivity index (χ3v) is 6.86. The number of halogens is 2. The lowest BCUT2D eigenvalue weighted by Gasteiger charge is -2.31. The highest BCUT2D eigenvalue weighted by Gasteiger charge is 2.33. The maximum Gasteiger partial charge on any atom is 0.322 e. The summed E-state index contributed by atoms with van der Waals surface area (Å²) in [5.74, 6) is -0.525. The summed E-state index contributed by atoms with van der Waals surface area (Å²) in [4.78, 5) is 16.6. The van der Waals surface area contributed by atoms with E-state index in [1.807, 2.05) is 47.7 Å². The first kappa shape index (κ1) is 21.6. The highest BCUT2D eigenvalue weighted by Crippen LogP contribution is 2.37. The Morgan fingerprint density at radius 1 is 1.06 bits per heavy atom. The largest absolute Gasteiger partial charge is 0.322 e. The Kier molecular flexibility index (Phi) is 5.87. The van der Waals surface area contributed by atoms with Crippen LogP contribution < -0.4 is 5.32 Å². The van der Waals surface area contributed by atoms with Crippen molar-refractivity contribution in [3.8, 4) is 5.69 Å². The van der Waals surface area contributed by atoms with Crippen molar-refractivity contribution in [3.63, 3.8) is 0 Å². The normalized spacial score (nSPS) is 14.9. The number of para-hydroxylation sites is 1. The van der Waals surface area contributed by atoms with Gasteiger partial charge in [0.2, 0.25) is 0 Å². The third-order valence-electron chi connectivity index (χ3n) is 5.83. The number of benzene rings is 3. The molecule has 1 aliphatic heterocycles. The Labute approximate surface area is 201 Å². The van der Waals surface area contributed by atoms with E-state index in [1.165, 1.54) is 18.2 Å². The lowest BCUT2D eigenvalue weighted by molar-refractivity contribution is 0.194. The summed E-state index contributed by atoms with van der Waals surface area (Å²) in [6.07, 6.45) is 4.06. The molecule has 1 aromatic heterocycles. The first-order valence-corrected chi connectivity index (χ1v) is 12.1. The number of carbonyl (C=O) groups excluding carboxylic acids is 1. The SMILES string of the molecule is CSc1ccc([C@H]2c3cccn3-c3ccccc3CN2C(=O)Nc2ccc(F)c(Cl)c2)cc1. The number of aromatic nitrogens is 1. The Bertz CT molecular complexity index is 1320. The molecule has 3 aromatic carbocycles. The molecule has 0 saturated heterocycles. The fourth-order valence-corrected chi connectivity index (χ4v) is 4.83. The minimum absolute atomic E-state index is 0.0351. The molecule has 2 heterocycles. The maximum atomic E-state index is 13.6. The molecule has 1 aliphatic rings. The number of thioether (sulfide) groups is 1. The molecule has 0 saturated carbocycles. The molecule has 4 aromatic rings. The van der Waals surface area contributed by atoms with E-state index >= 15 is 0 Å². The lowest BCUT2D eigenvalue weighted by atomic mass is 10.0. The van der Waals surface area contributed by atoms with E-state index in [9.17, 15) is 9.18 Å². The molecule has 0 fully saturated rings. The Morgan fingerprint density at radius 2 is 1.85 bits per heavy atom. The number of anilines is 1. The number of fused-ring (bicyclic) bond motifs is 3. The van der Waals surface area contributed by atoms with E-state index in [0.29, 0.717) is 12.2 Å². The minimum atomic E-state index is -0.525. The molecule has 2 amide bonds. The van der Waals surface area contributed by atoms with Crippen LogP contribution in [0.4, 0.5) is 14.9 Å². The monoisotopic (exact) mass is 477 g/mol. The summed E-state index contributed by atoms with van der Waals surface area (Å²) in [5.41, 5.74) is 4.52. The Hall–Kier alpha value is -3.22. The molecule has 166 valence electrons. The van der Waals surface area contributed by atoms with Crippen molar-refractivity contribution in [2.24, 2.45) is 0 Å². The van der Waals surface area contributed by atoms with E-state index in [2.05, 4.69) is 40.2 Å². The summed E-state index contributed by atoms with van der Waals surface area (Å²) in [5, 5.41) is 2.87. The first-order valence-electron chi connectivity index (χ1n) is 10.5. The molecule has 4 nitrogen and oxygen atoms in total. The van der Waals surface area contributed by atoms with Gasteiger partial charge in [-0.1, -0.05) is 41.9 Å². The highest BCUT2D eigenvalue weighted by atomic mass is 35.5. The van der Waals surface area contributed by atoms with Gasteiger partial charge in [-0.05, 0) is 65.9 Å². The first-order chi connectivity index (χ1) is 16.0. The second-order valence-electron chi connectivity index (χ2n) is 7.79. The summed E-state index contributed by atoms with van der Waals surface area (Å²) in [7, 11) is 0. The van der Waals surface area contributed by atoms with Crippen LogP contribution in [0.2, 0.25) is 5.02 Å². The van der Waals surface area contributed by atoms with Crippen LogP contribution in [0.1, 0.15) is 22.9 Å². The molecule has 33 heavy (non-hydrogen) atoms. The van der Waals surface area contributed by atoms with Gasteiger partial charge in [-0.15, -0.1) is 11.8 Å². The van der Waals surface area contributed by atoms with Crippen molar-refractivity contribution in [2.45, 2.75) is 17.5 Å². The zero-order valence-electron chi connectivity index (χ0n) is 17.8. The van der Waals surface area contributed by atoms with Gasteiger partial charge < -0.3 is 14.8 Å². The molecule has 0 bridgehead atoms. The van der Waals surface area contributed by atoms with Gasteiger partial charge in [0.15, 0.2) is 0 Å². The van der Waals surface area contributed by atoms with Crippen LogP contribution in [0.3, 0.4) is 0 Å². The van der Waals surface area contributed by atoms with Gasteiger partial charge in [0, 0.05) is 22.5 Å². The highest BCUT2D eigenvalue weighted by molar-refractivity contribution is 7.98. The lowest BCUT2D eigenvalue weighted by Crippen LogP contribution is -2.37. The van der Waals surface area contributed by atoms with Crippen LogP contribution >= 0.6 is 23.4 Å². The molecule has 0 aliphatic carbocycles. The fraction of sp³-hybridized carbons (Fsp3) is 0.115. The summed E-state index contributed by atoms with van der Waals surface area (Å²) < 4.78 is 15.8. The summed E-state index contributed by atoms with van der Waals surface area (Å²) >= 11 is 7.61. The van der Waals surface area contributed by atoms with Gasteiger partial charge in [-0.3, -0.25) is 0 Å². The third kappa shape index (κ3) is 4.12. The molecular weight excluding hydrogens is 457 g/mol. The van der Waals surface area contributed by atoms with Crippen LogP contribution in [0.5, 0.6) is 0 Å². The van der Waals surface area contributed by atoms with E-state index in [1.54, 1.807) is 11.8 Å². The molecule has 0 radical (unpaired) electrons. The van der Waals surface area contributed by atoms with E-state index in [4.69, 9.17) is 11.6 Å². The van der Waals surface area contributed by atoms with Crippen molar-refractivity contribution in [1.82, 2.24) is 9.47 Å². The van der Waals surface area contributed by atoms with Crippen molar-refractivity contribution >= 4 is 35.1 Å². The standard InChI is InChI=1S/C26H21ClFN3OS/c1-33-20-11-8-17(9-12-20)25-24-7-4-14-30(24)23-6-3-2-5-18(23)16-31(25)26(32)29-19-10-13-22(28)21(27)15-19/h2-15,25H,16H2,1H3,(H,29,32)/t25-/m0/s1. The molecule has 0 unspecified atom stereocenters. The predicted octanol–water partition coefficient (Wildman–Crippen LogP) is 7.13. The van der Waals surface area contributed by atoms with Crippen LogP contribution in [0.15, 0.2) is 90.0 Å². The summed E-state index contributed by atoms with van der Waals surface area (Å²) in [6, 6.07) is 24.0. The number of urea groups is 1. The maximum absolute atomic E-state index is 13.6. The quantitative estimate of drug-likeness (QED) is 0.319. The van der Waals surface area contributed by atoms with Crippen LogP contribution in [-0.2, 0) is 6.54 Å². The van der Waals surface area contributed by atoms with Crippen LogP contribution in [0.25, 0.3) is 5.69 Å². The van der Waals surface area contributed by atoms with E-state index in [0.717, 1.165) is 27.4 Å². The molecule has 1 atom stereocenters. The van der Waals surface area contributed by atoms with Gasteiger partial charge >= 0.3 is 6.03 Å². The zero-order chi connectivity index (χ0) is 22.9. The van der Waals surface area contributed by atoms with Crippen LogP contribution in [-0.4, -0.2) is 21.8 Å². The second-order valence-corrected chi connectivity index (χ2v) is 9.08. The van der Waals surface area contributed by atoms with Crippen molar-refractivity contribution in [3.05, 3.63) is 113 Å². The Balaban J connectivity index is 1.61. The number of hydrogen-bond acceptors (Lipinski definition) is 2. The molecule has 1 N–H and O–H groups in total. The number of hydrogen-bond donors (Lipinski definition) is 1. The number of carbonyl (C=O) groups is 1. The van der Waals surface area contributed by atoms with Crippen molar-refractivity contribution < 1.29 is 9.18 Å².